The Balaban J connectivity index is 2.23. The molecule has 108 valence electrons. The van der Waals surface area contributed by atoms with Gasteiger partial charge in [0.1, 0.15) is 11.6 Å². The van der Waals surface area contributed by atoms with Gasteiger partial charge in [0.25, 0.3) is 5.91 Å². The van der Waals surface area contributed by atoms with Gasteiger partial charge in [-0.1, -0.05) is 0 Å². The number of benzene rings is 1. The Kier molecular flexibility index (Phi) is 4.01. The van der Waals surface area contributed by atoms with Crippen molar-refractivity contribution < 1.29 is 23.5 Å². The lowest BCUT2D eigenvalue weighted by molar-refractivity contribution is -0.137. The average molecular weight is 283 g/mol. The maximum Gasteiger partial charge on any atom is 0.305 e. The predicted molar refractivity (Wildman–Crippen MR) is 67.4 cm³/mol. The maximum atomic E-state index is 13.7. The molecule has 0 aromatic heterocycles. The second kappa shape index (κ2) is 5.56. The van der Waals surface area contributed by atoms with Gasteiger partial charge in [0, 0.05) is 18.7 Å². The molecular weight excluding hydrogens is 268 g/mol. The molecule has 0 spiro atoms. The molecular formula is C14H15F2NO3. The first kappa shape index (κ1) is 14.4. The van der Waals surface area contributed by atoms with Gasteiger partial charge in [-0.25, -0.2) is 8.78 Å². The highest BCUT2D eigenvalue weighted by molar-refractivity contribution is 5.95. The summed E-state index contributed by atoms with van der Waals surface area (Å²) in [6.45, 7) is 1.49. The lowest BCUT2D eigenvalue weighted by Gasteiger charge is -2.22. The lowest BCUT2D eigenvalue weighted by Crippen LogP contribution is -2.35. The minimum absolute atomic E-state index is 0.0355. The highest BCUT2D eigenvalue weighted by atomic mass is 19.1. The van der Waals surface area contributed by atoms with Crippen molar-refractivity contribution in [3.8, 4) is 0 Å². The summed E-state index contributed by atoms with van der Waals surface area (Å²) < 4.78 is 26.9. The van der Waals surface area contributed by atoms with Gasteiger partial charge in [-0.15, -0.1) is 0 Å². The second-order valence-corrected chi connectivity index (χ2v) is 4.95. The van der Waals surface area contributed by atoms with Crippen LogP contribution in [0, 0.1) is 18.6 Å². The topological polar surface area (TPSA) is 57.6 Å². The Morgan fingerprint density at radius 3 is 2.50 bits per heavy atom. The molecule has 1 amide bonds. The smallest absolute Gasteiger partial charge is 0.305 e. The van der Waals surface area contributed by atoms with Crippen molar-refractivity contribution >= 4 is 11.9 Å². The van der Waals surface area contributed by atoms with E-state index in [2.05, 4.69) is 0 Å². The molecule has 1 aliphatic carbocycles. The fraction of sp³-hybridized carbons (Fsp3) is 0.429. The second-order valence-electron chi connectivity index (χ2n) is 4.95. The number of carbonyl (C=O) groups excluding carboxylic acids is 1. The molecule has 1 fully saturated rings. The zero-order chi connectivity index (χ0) is 14.9. The van der Waals surface area contributed by atoms with Crippen molar-refractivity contribution in [3.05, 3.63) is 34.9 Å². The van der Waals surface area contributed by atoms with Crippen molar-refractivity contribution in [2.75, 3.05) is 6.54 Å². The fourth-order valence-corrected chi connectivity index (χ4v) is 2.03. The molecule has 1 aliphatic rings. The molecule has 1 saturated carbocycles. The largest absolute Gasteiger partial charge is 0.481 e. The van der Waals surface area contributed by atoms with Crippen LogP contribution >= 0.6 is 0 Å². The number of hydrogen-bond acceptors (Lipinski definition) is 2. The molecule has 1 aromatic carbocycles. The zero-order valence-electron chi connectivity index (χ0n) is 11.0. The van der Waals surface area contributed by atoms with E-state index in [0.717, 1.165) is 12.8 Å². The van der Waals surface area contributed by atoms with Gasteiger partial charge < -0.3 is 10.0 Å². The highest BCUT2D eigenvalue weighted by Gasteiger charge is 2.34. The minimum Gasteiger partial charge on any atom is -0.481 e. The molecule has 0 atom stereocenters. The van der Waals surface area contributed by atoms with Gasteiger partial charge in [-0.2, -0.15) is 0 Å². The van der Waals surface area contributed by atoms with Crippen LogP contribution in [-0.2, 0) is 4.79 Å². The van der Waals surface area contributed by atoms with Crippen molar-refractivity contribution in [3.63, 3.8) is 0 Å². The van der Waals surface area contributed by atoms with E-state index in [0.29, 0.717) is 6.07 Å². The summed E-state index contributed by atoms with van der Waals surface area (Å²) in [5.41, 5.74) is -0.0232. The molecule has 4 nitrogen and oxygen atoms in total. The van der Waals surface area contributed by atoms with Gasteiger partial charge in [0.05, 0.1) is 12.0 Å². The predicted octanol–water partition coefficient (Wildman–Crippen LogP) is 2.35. The summed E-state index contributed by atoms with van der Waals surface area (Å²) in [5, 5.41) is 8.69. The molecule has 0 unspecified atom stereocenters. The molecule has 0 heterocycles. The zero-order valence-corrected chi connectivity index (χ0v) is 11.0. The minimum atomic E-state index is -1.01. The van der Waals surface area contributed by atoms with Crippen LogP contribution in [0.3, 0.4) is 0 Å². The monoisotopic (exact) mass is 283 g/mol. The van der Waals surface area contributed by atoms with Gasteiger partial charge in [0.2, 0.25) is 0 Å². The molecule has 0 bridgehead atoms. The highest BCUT2D eigenvalue weighted by Crippen LogP contribution is 2.29. The van der Waals surface area contributed by atoms with E-state index in [1.165, 1.54) is 17.9 Å². The summed E-state index contributed by atoms with van der Waals surface area (Å²) in [7, 11) is 0. The Morgan fingerprint density at radius 2 is 1.95 bits per heavy atom. The molecule has 0 aliphatic heterocycles. The summed E-state index contributed by atoms with van der Waals surface area (Å²) in [6, 6.07) is 1.82. The summed E-state index contributed by atoms with van der Waals surface area (Å²) in [6.07, 6.45) is 1.38. The van der Waals surface area contributed by atoms with E-state index >= 15 is 0 Å². The van der Waals surface area contributed by atoms with Gasteiger partial charge in [-0.05, 0) is 31.4 Å². The number of hydrogen-bond donors (Lipinski definition) is 1. The summed E-state index contributed by atoms with van der Waals surface area (Å²) >= 11 is 0. The number of carbonyl (C=O) groups is 2. The molecule has 2 rings (SSSR count). The van der Waals surface area contributed by atoms with Crippen molar-refractivity contribution in [2.45, 2.75) is 32.2 Å². The molecule has 20 heavy (non-hydrogen) atoms. The Bertz CT molecular complexity index is 556. The maximum absolute atomic E-state index is 13.7. The fourth-order valence-electron chi connectivity index (χ4n) is 2.03. The number of aliphatic carboxylic acids is 1. The lowest BCUT2D eigenvalue weighted by atomic mass is 10.1. The Hall–Kier alpha value is -1.98. The van der Waals surface area contributed by atoms with Crippen LogP contribution in [0.5, 0.6) is 0 Å². The van der Waals surface area contributed by atoms with Crippen molar-refractivity contribution in [1.29, 1.82) is 0 Å². The standard InChI is InChI=1S/C14H15F2NO3/c1-8-6-10(12(16)7-11(8)15)14(20)17(9-2-3-9)5-4-13(18)19/h6-7,9H,2-5H2,1H3,(H,18,19). The van der Waals surface area contributed by atoms with E-state index in [1.807, 2.05) is 0 Å². The Morgan fingerprint density at radius 1 is 1.30 bits per heavy atom. The number of halogens is 2. The molecule has 0 radical (unpaired) electrons. The third-order valence-electron chi connectivity index (χ3n) is 3.29. The van der Waals surface area contributed by atoms with Crippen LogP contribution in [0.15, 0.2) is 12.1 Å². The first-order chi connectivity index (χ1) is 9.40. The van der Waals surface area contributed by atoms with E-state index in [1.54, 1.807) is 0 Å². The Labute approximate surface area is 115 Å². The summed E-state index contributed by atoms with van der Waals surface area (Å²) in [5.74, 6) is -3.21. The van der Waals surface area contributed by atoms with Crippen LogP contribution in [0.25, 0.3) is 0 Å². The number of rotatable bonds is 5. The van der Waals surface area contributed by atoms with Crippen LogP contribution in [0.1, 0.15) is 35.2 Å². The average Bonchev–Trinajstić information content (AvgIpc) is 3.18. The third-order valence-corrected chi connectivity index (χ3v) is 3.29. The number of amides is 1. The quantitative estimate of drug-likeness (QED) is 0.902. The molecule has 0 saturated heterocycles. The number of aryl methyl sites for hydroxylation is 1. The van der Waals surface area contributed by atoms with Crippen LogP contribution in [0.2, 0.25) is 0 Å². The van der Waals surface area contributed by atoms with Crippen LogP contribution in [-0.4, -0.2) is 34.5 Å². The SMILES string of the molecule is Cc1cc(C(=O)N(CCC(=O)O)C2CC2)c(F)cc1F. The molecule has 1 N–H and O–H groups in total. The van der Waals surface area contributed by atoms with Gasteiger partial charge in [0.15, 0.2) is 0 Å². The van der Waals surface area contributed by atoms with Crippen molar-refractivity contribution in [1.82, 2.24) is 4.90 Å². The number of nitrogens with zero attached hydrogens (tertiary/aromatic N) is 1. The number of carboxylic acids is 1. The molecule has 1 aromatic rings. The third kappa shape index (κ3) is 3.12. The van der Waals surface area contributed by atoms with Crippen molar-refractivity contribution in [2.24, 2.45) is 0 Å². The first-order valence-electron chi connectivity index (χ1n) is 6.38. The number of carboxylic acid groups (broad SMARTS) is 1. The first-order valence-corrected chi connectivity index (χ1v) is 6.38. The summed E-state index contributed by atoms with van der Waals surface area (Å²) in [4.78, 5) is 24.3. The normalized spacial score (nSPS) is 14.2. The van der Waals surface area contributed by atoms with Gasteiger partial charge >= 0.3 is 5.97 Å². The van der Waals surface area contributed by atoms with E-state index in [-0.39, 0.29) is 30.1 Å². The molecule has 6 heteroatoms. The van der Waals surface area contributed by atoms with Crippen LogP contribution in [0.4, 0.5) is 8.78 Å². The van der Waals surface area contributed by atoms with E-state index in [4.69, 9.17) is 5.11 Å². The van der Waals surface area contributed by atoms with Gasteiger partial charge in [-0.3, -0.25) is 9.59 Å². The van der Waals surface area contributed by atoms with E-state index < -0.39 is 23.5 Å². The van der Waals surface area contributed by atoms with E-state index in [9.17, 15) is 18.4 Å². The van der Waals surface area contributed by atoms with Crippen LogP contribution < -0.4 is 0 Å².